The number of nitro benzene ring substituents is 1. The van der Waals surface area contributed by atoms with E-state index in [-0.39, 0.29) is 41.3 Å². The maximum Gasteiger partial charge on any atom is 0.352 e. The van der Waals surface area contributed by atoms with E-state index in [0.717, 1.165) is 5.56 Å². The van der Waals surface area contributed by atoms with E-state index in [1.54, 1.807) is 24.3 Å². The molecule has 1 amide bonds. The van der Waals surface area contributed by atoms with Gasteiger partial charge in [0.2, 0.25) is 17.4 Å². The molecule has 5 N–H and O–H groups in total. The number of nitrogens with zero attached hydrogens (tertiary/aromatic N) is 1. The first-order valence-electron chi connectivity index (χ1n) is 10.3. The molecule has 0 aromatic heterocycles. The SMILES string of the molecule is COc1cc([C@@H](Nc2ccc(C(=N)N)cc2)C(=O)NCc2ccccc2)cc(OC)c1[N+](=O)[O-].Cl. The standard InChI is InChI=1S/C24H25N5O5.ClH/c1-33-19-12-17(13-20(34-2)22(19)29(31)32)21(24(30)27-14-15-6-4-3-5-7-15)28-18-10-8-16(9-11-18)23(25)26;/h3-13,21,28H,14H2,1-2H3,(H3,25,26)(H,27,30);1H/t21-;/m1./s1. The van der Waals surface area contributed by atoms with Crippen LogP contribution < -0.4 is 25.8 Å². The third kappa shape index (κ3) is 6.61. The number of methoxy groups -OCH3 is 2. The topological polar surface area (TPSA) is 153 Å². The van der Waals surface area contributed by atoms with Crippen molar-refractivity contribution < 1.29 is 19.2 Å². The molecule has 11 heteroatoms. The smallest absolute Gasteiger partial charge is 0.352 e. The van der Waals surface area contributed by atoms with Gasteiger partial charge in [-0.3, -0.25) is 20.3 Å². The number of nitrogens with two attached hydrogens (primary N) is 1. The minimum atomic E-state index is -0.935. The summed E-state index contributed by atoms with van der Waals surface area (Å²) in [6, 6.07) is 18.0. The van der Waals surface area contributed by atoms with Crippen molar-refractivity contribution in [2.45, 2.75) is 12.6 Å². The van der Waals surface area contributed by atoms with Gasteiger partial charge in [-0.15, -0.1) is 12.4 Å². The van der Waals surface area contributed by atoms with E-state index in [2.05, 4.69) is 10.6 Å². The van der Waals surface area contributed by atoms with Crippen molar-refractivity contribution in [3.63, 3.8) is 0 Å². The highest BCUT2D eigenvalue weighted by Gasteiger charge is 2.28. The number of nitrogens with one attached hydrogen (secondary N) is 3. The van der Waals surface area contributed by atoms with Crippen molar-refractivity contribution >= 4 is 35.5 Å². The summed E-state index contributed by atoms with van der Waals surface area (Å²) >= 11 is 0. The van der Waals surface area contributed by atoms with Crippen LogP contribution >= 0.6 is 12.4 Å². The van der Waals surface area contributed by atoms with Gasteiger partial charge < -0.3 is 25.8 Å². The minimum absolute atomic E-state index is 0. The highest BCUT2D eigenvalue weighted by atomic mass is 35.5. The van der Waals surface area contributed by atoms with E-state index in [1.807, 2.05) is 30.3 Å². The Morgan fingerprint density at radius 3 is 2.11 bits per heavy atom. The molecule has 184 valence electrons. The summed E-state index contributed by atoms with van der Waals surface area (Å²) in [5.41, 5.74) is 7.63. The third-order valence-electron chi connectivity index (χ3n) is 5.10. The lowest BCUT2D eigenvalue weighted by Gasteiger charge is -2.21. The number of ether oxygens (including phenoxy) is 2. The van der Waals surface area contributed by atoms with E-state index in [9.17, 15) is 14.9 Å². The second kappa shape index (κ2) is 12.2. The number of nitrogen functional groups attached to an aromatic ring is 1. The number of amidine groups is 1. The molecule has 0 saturated carbocycles. The molecule has 3 aromatic carbocycles. The fourth-order valence-corrected chi connectivity index (χ4v) is 3.36. The molecular formula is C24H26ClN5O5. The Bertz CT molecular complexity index is 1160. The first-order chi connectivity index (χ1) is 16.3. The number of halogens is 1. The summed E-state index contributed by atoms with van der Waals surface area (Å²) in [5.74, 6) is -0.506. The average molecular weight is 500 g/mol. The van der Waals surface area contributed by atoms with Crippen molar-refractivity contribution in [3.05, 3.63) is 93.5 Å². The minimum Gasteiger partial charge on any atom is -0.490 e. The van der Waals surface area contributed by atoms with E-state index < -0.39 is 11.0 Å². The monoisotopic (exact) mass is 499 g/mol. The zero-order valence-electron chi connectivity index (χ0n) is 19.1. The van der Waals surface area contributed by atoms with Gasteiger partial charge in [-0.05, 0) is 47.5 Å². The Balaban J connectivity index is 0.00000432. The van der Waals surface area contributed by atoms with Gasteiger partial charge in [0.15, 0.2) is 0 Å². The maximum atomic E-state index is 13.3. The molecule has 0 heterocycles. The zero-order chi connectivity index (χ0) is 24.7. The molecule has 1 atom stereocenters. The van der Waals surface area contributed by atoms with Gasteiger partial charge >= 0.3 is 5.69 Å². The lowest BCUT2D eigenvalue weighted by molar-refractivity contribution is -0.386. The number of hydrogen-bond donors (Lipinski definition) is 4. The number of anilines is 1. The Kier molecular flexibility index (Phi) is 9.42. The molecule has 3 rings (SSSR count). The molecule has 0 spiro atoms. The Labute approximate surface area is 208 Å². The molecule has 10 nitrogen and oxygen atoms in total. The van der Waals surface area contributed by atoms with Gasteiger partial charge in [-0.25, -0.2) is 0 Å². The highest BCUT2D eigenvalue weighted by molar-refractivity contribution is 5.95. The van der Waals surface area contributed by atoms with Crippen LogP contribution in [0.1, 0.15) is 22.7 Å². The second-order valence-corrected chi connectivity index (χ2v) is 7.30. The molecule has 3 aromatic rings. The number of carbonyl (C=O) groups excluding carboxylic acids is 1. The van der Waals surface area contributed by atoms with Crippen LogP contribution in [0.15, 0.2) is 66.7 Å². The van der Waals surface area contributed by atoms with Crippen molar-refractivity contribution in [1.82, 2.24) is 5.32 Å². The fourth-order valence-electron chi connectivity index (χ4n) is 3.36. The molecular weight excluding hydrogens is 474 g/mol. The van der Waals surface area contributed by atoms with Crippen LogP contribution in [0.2, 0.25) is 0 Å². The number of amides is 1. The normalized spacial score (nSPS) is 10.9. The molecule has 0 aliphatic rings. The van der Waals surface area contributed by atoms with Crippen LogP contribution in [-0.2, 0) is 11.3 Å². The van der Waals surface area contributed by atoms with Crippen LogP contribution in [-0.4, -0.2) is 30.9 Å². The first-order valence-corrected chi connectivity index (χ1v) is 10.3. The first kappa shape index (κ1) is 26.9. The summed E-state index contributed by atoms with van der Waals surface area (Å²) in [6.45, 7) is 0.294. The van der Waals surface area contributed by atoms with E-state index >= 15 is 0 Å². The van der Waals surface area contributed by atoms with Crippen molar-refractivity contribution in [2.75, 3.05) is 19.5 Å². The van der Waals surface area contributed by atoms with Crippen molar-refractivity contribution in [2.24, 2.45) is 5.73 Å². The predicted molar refractivity (Wildman–Crippen MR) is 136 cm³/mol. The maximum absolute atomic E-state index is 13.3. The van der Waals surface area contributed by atoms with E-state index in [1.165, 1.54) is 26.4 Å². The summed E-state index contributed by atoms with van der Waals surface area (Å²) in [7, 11) is 2.62. The quantitative estimate of drug-likeness (QED) is 0.143. The largest absolute Gasteiger partial charge is 0.490 e. The molecule has 35 heavy (non-hydrogen) atoms. The highest BCUT2D eigenvalue weighted by Crippen LogP contribution is 2.40. The molecule has 0 bridgehead atoms. The van der Waals surface area contributed by atoms with Crippen molar-refractivity contribution in [1.29, 1.82) is 5.41 Å². The molecule has 0 aliphatic heterocycles. The second-order valence-electron chi connectivity index (χ2n) is 7.30. The lowest BCUT2D eigenvalue weighted by atomic mass is 10.0. The van der Waals surface area contributed by atoms with Gasteiger partial charge in [0.1, 0.15) is 11.9 Å². The van der Waals surface area contributed by atoms with Crippen LogP contribution in [0, 0.1) is 15.5 Å². The summed E-state index contributed by atoms with van der Waals surface area (Å²) < 4.78 is 10.4. The molecule has 0 radical (unpaired) electrons. The van der Waals surface area contributed by atoms with E-state index in [0.29, 0.717) is 23.4 Å². The van der Waals surface area contributed by atoms with Gasteiger partial charge in [-0.1, -0.05) is 30.3 Å². The van der Waals surface area contributed by atoms with Crippen LogP contribution in [0.4, 0.5) is 11.4 Å². The summed E-state index contributed by atoms with van der Waals surface area (Å²) in [6.07, 6.45) is 0. The van der Waals surface area contributed by atoms with Crippen LogP contribution in [0.5, 0.6) is 11.5 Å². The Hall–Kier alpha value is -4.31. The van der Waals surface area contributed by atoms with Gasteiger partial charge in [0.05, 0.1) is 19.1 Å². The van der Waals surface area contributed by atoms with Crippen molar-refractivity contribution in [3.8, 4) is 11.5 Å². The third-order valence-corrected chi connectivity index (χ3v) is 5.10. The number of nitro groups is 1. The van der Waals surface area contributed by atoms with Crippen LogP contribution in [0.3, 0.4) is 0 Å². The molecule has 0 saturated heterocycles. The van der Waals surface area contributed by atoms with Gasteiger partial charge in [0, 0.05) is 17.8 Å². The molecule has 0 unspecified atom stereocenters. The predicted octanol–water partition coefficient (Wildman–Crippen LogP) is 3.79. The zero-order valence-corrected chi connectivity index (χ0v) is 19.9. The summed E-state index contributed by atoms with van der Waals surface area (Å²) in [4.78, 5) is 24.2. The average Bonchev–Trinajstić information content (AvgIpc) is 2.85. The number of benzene rings is 3. The Morgan fingerprint density at radius 1 is 1.06 bits per heavy atom. The van der Waals surface area contributed by atoms with E-state index in [4.69, 9.17) is 20.6 Å². The Morgan fingerprint density at radius 2 is 1.63 bits per heavy atom. The lowest BCUT2D eigenvalue weighted by Crippen LogP contribution is -2.33. The number of carbonyl (C=O) groups is 1. The molecule has 0 aliphatic carbocycles. The van der Waals surface area contributed by atoms with Gasteiger partial charge in [-0.2, -0.15) is 0 Å². The van der Waals surface area contributed by atoms with Crippen LogP contribution in [0.25, 0.3) is 0 Å². The fraction of sp³-hybridized carbons (Fsp3) is 0.167. The van der Waals surface area contributed by atoms with Gasteiger partial charge in [0.25, 0.3) is 0 Å². The number of rotatable bonds is 10. The number of hydrogen-bond acceptors (Lipinski definition) is 7. The molecule has 0 fully saturated rings. The summed E-state index contributed by atoms with van der Waals surface area (Å²) in [5, 5.41) is 25.1.